The number of nitrogens with zero attached hydrogens (tertiary/aromatic N) is 2. The SMILES string of the molecule is COc1cccc(CNC(=O)N2CCN(C(=O)C(C)C)C[C@]3(CNC(=O)C3)C2)c1. The van der Waals surface area contributed by atoms with E-state index >= 15 is 0 Å². The van der Waals surface area contributed by atoms with E-state index in [-0.39, 0.29) is 23.8 Å². The molecule has 2 fully saturated rings. The lowest BCUT2D eigenvalue weighted by Crippen LogP contribution is -2.47. The summed E-state index contributed by atoms with van der Waals surface area (Å²) >= 11 is 0. The fraction of sp³-hybridized carbons (Fsp3) is 0.571. The number of hydrogen-bond acceptors (Lipinski definition) is 4. The zero-order chi connectivity index (χ0) is 21.0. The molecule has 158 valence electrons. The second-order valence-corrected chi connectivity index (χ2v) is 8.30. The summed E-state index contributed by atoms with van der Waals surface area (Å²) in [7, 11) is 1.61. The van der Waals surface area contributed by atoms with Crippen LogP contribution in [0.5, 0.6) is 5.75 Å². The minimum atomic E-state index is -0.439. The van der Waals surface area contributed by atoms with Crippen molar-refractivity contribution in [2.24, 2.45) is 11.3 Å². The standard InChI is InChI=1S/C21H30N4O4/c1-15(2)19(27)24-7-8-25(14-21(13-24)10-18(26)23-12-21)20(28)22-11-16-5-4-6-17(9-16)29-3/h4-6,9,15H,7-8,10-14H2,1-3H3,(H,22,28)(H,23,26)/t21-/m0/s1. The van der Waals surface area contributed by atoms with Gasteiger partial charge in [-0.2, -0.15) is 0 Å². The number of methoxy groups -OCH3 is 1. The molecule has 0 saturated carbocycles. The van der Waals surface area contributed by atoms with Gasteiger partial charge >= 0.3 is 6.03 Å². The Kier molecular flexibility index (Phi) is 6.30. The van der Waals surface area contributed by atoms with Gasteiger partial charge in [0, 0.05) is 57.0 Å². The minimum Gasteiger partial charge on any atom is -0.497 e. The number of urea groups is 1. The molecule has 1 aromatic carbocycles. The number of benzene rings is 1. The van der Waals surface area contributed by atoms with Gasteiger partial charge in [-0.15, -0.1) is 0 Å². The van der Waals surface area contributed by atoms with Gasteiger partial charge in [0.05, 0.1) is 7.11 Å². The van der Waals surface area contributed by atoms with E-state index < -0.39 is 5.41 Å². The highest BCUT2D eigenvalue weighted by Gasteiger charge is 2.45. The van der Waals surface area contributed by atoms with E-state index in [1.54, 1.807) is 16.9 Å². The Hall–Kier alpha value is -2.77. The van der Waals surface area contributed by atoms with E-state index in [4.69, 9.17) is 4.74 Å². The molecule has 3 rings (SSSR count). The van der Waals surface area contributed by atoms with Crippen LogP contribution in [0.4, 0.5) is 4.79 Å². The van der Waals surface area contributed by atoms with Crippen molar-refractivity contribution in [1.82, 2.24) is 20.4 Å². The van der Waals surface area contributed by atoms with Gasteiger partial charge in [-0.05, 0) is 17.7 Å². The molecule has 8 nitrogen and oxygen atoms in total. The van der Waals surface area contributed by atoms with Gasteiger partial charge in [-0.3, -0.25) is 9.59 Å². The lowest BCUT2D eigenvalue weighted by Gasteiger charge is -2.33. The average molecular weight is 402 g/mol. The van der Waals surface area contributed by atoms with Crippen LogP contribution in [0.1, 0.15) is 25.8 Å². The first-order chi connectivity index (χ1) is 13.8. The topological polar surface area (TPSA) is 91.0 Å². The second kappa shape index (κ2) is 8.71. The molecule has 2 N–H and O–H groups in total. The molecular formula is C21H30N4O4. The van der Waals surface area contributed by atoms with E-state index in [2.05, 4.69) is 10.6 Å². The third kappa shape index (κ3) is 4.99. The van der Waals surface area contributed by atoms with Gasteiger partial charge in [0.1, 0.15) is 5.75 Å². The number of amides is 4. The van der Waals surface area contributed by atoms with E-state index in [1.165, 1.54) is 0 Å². The van der Waals surface area contributed by atoms with Crippen molar-refractivity contribution in [2.75, 3.05) is 39.8 Å². The van der Waals surface area contributed by atoms with Crippen LogP contribution in [-0.2, 0) is 16.1 Å². The molecule has 1 atom stereocenters. The summed E-state index contributed by atoms with van der Waals surface area (Å²) in [6.07, 6.45) is 0.328. The van der Waals surface area contributed by atoms with Crippen LogP contribution in [-0.4, -0.2) is 67.5 Å². The lowest BCUT2D eigenvalue weighted by molar-refractivity contribution is -0.135. The van der Waals surface area contributed by atoms with E-state index in [0.29, 0.717) is 45.7 Å². The predicted molar refractivity (Wildman–Crippen MR) is 108 cm³/mol. The molecule has 2 saturated heterocycles. The fourth-order valence-corrected chi connectivity index (χ4v) is 4.03. The highest BCUT2D eigenvalue weighted by Crippen LogP contribution is 2.31. The number of nitrogens with one attached hydrogen (secondary N) is 2. The molecule has 4 amide bonds. The summed E-state index contributed by atoms with van der Waals surface area (Å²) in [4.78, 5) is 41.0. The van der Waals surface area contributed by atoms with Crippen molar-refractivity contribution in [3.8, 4) is 5.75 Å². The molecule has 0 unspecified atom stereocenters. The van der Waals surface area contributed by atoms with Gasteiger partial charge in [0.2, 0.25) is 11.8 Å². The molecule has 1 aromatic rings. The van der Waals surface area contributed by atoms with E-state index in [1.807, 2.05) is 38.1 Å². The van der Waals surface area contributed by atoms with Gasteiger partial charge in [0.15, 0.2) is 0 Å². The molecule has 1 spiro atoms. The normalized spacial score (nSPS) is 21.9. The predicted octanol–water partition coefficient (Wildman–Crippen LogP) is 1.21. The summed E-state index contributed by atoms with van der Waals surface area (Å²) in [5.41, 5.74) is 0.502. The molecule has 0 bridgehead atoms. The number of hydrogen-bond donors (Lipinski definition) is 2. The summed E-state index contributed by atoms with van der Waals surface area (Å²) in [6.45, 7) is 6.45. The Labute approximate surface area is 171 Å². The fourth-order valence-electron chi connectivity index (χ4n) is 4.03. The quantitative estimate of drug-likeness (QED) is 0.792. The number of carbonyl (C=O) groups excluding carboxylic acids is 3. The molecule has 8 heteroatoms. The van der Waals surface area contributed by atoms with Crippen LogP contribution in [0, 0.1) is 11.3 Å². The van der Waals surface area contributed by atoms with Gasteiger partial charge < -0.3 is 25.2 Å². The highest BCUT2D eigenvalue weighted by molar-refractivity contribution is 5.81. The van der Waals surface area contributed by atoms with Crippen molar-refractivity contribution >= 4 is 17.8 Å². The van der Waals surface area contributed by atoms with Gasteiger partial charge in [0.25, 0.3) is 0 Å². The third-order valence-electron chi connectivity index (χ3n) is 5.56. The van der Waals surface area contributed by atoms with Crippen LogP contribution >= 0.6 is 0 Å². The Bertz CT molecular complexity index is 782. The first-order valence-corrected chi connectivity index (χ1v) is 10.0. The Morgan fingerprint density at radius 1 is 1.24 bits per heavy atom. The maximum atomic E-state index is 12.9. The maximum Gasteiger partial charge on any atom is 0.317 e. The van der Waals surface area contributed by atoms with E-state index in [9.17, 15) is 14.4 Å². The van der Waals surface area contributed by atoms with Crippen LogP contribution in [0.15, 0.2) is 24.3 Å². The lowest BCUT2D eigenvalue weighted by atomic mass is 9.86. The van der Waals surface area contributed by atoms with Crippen molar-refractivity contribution in [2.45, 2.75) is 26.8 Å². The molecule has 0 aliphatic carbocycles. The van der Waals surface area contributed by atoms with Crippen LogP contribution < -0.4 is 15.4 Å². The largest absolute Gasteiger partial charge is 0.497 e. The van der Waals surface area contributed by atoms with Crippen LogP contribution in [0.2, 0.25) is 0 Å². The monoisotopic (exact) mass is 402 g/mol. The Morgan fingerprint density at radius 3 is 2.62 bits per heavy atom. The summed E-state index contributed by atoms with van der Waals surface area (Å²) in [6, 6.07) is 7.36. The highest BCUT2D eigenvalue weighted by atomic mass is 16.5. The van der Waals surface area contributed by atoms with Crippen molar-refractivity contribution in [3.63, 3.8) is 0 Å². The third-order valence-corrected chi connectivity index (χ3v) is 5.56. The number of rotatable bonds is 4. The van der Waals surface area contributed by atoms with Gasteiger partial charge in [-0.25, -0.2) is 4.79 Å². The summed E-state index contributed by atoms with van der Waals surface area (Å²) in [5.74, 6) is 0.650. The smallest absolute Gasteiger partial charge is 0.317 e. The number of carbonyl (C=O) groups is 3. The van der Waals surface area contributed by atoms with Crippen molar-refractivity contribution in [1.29, 1.82) is 0 Å². The van der Waals surface area contributed by atoms with Crippen LogP contribution in [0.25, 0.3) is 0 Å². The Morgan fingerprint density at radius 2 is 1.97 bits per heavy atom. The Balaban J connectivity index is 1.70. The average Bonchev–Trinajstić information content (AvgIpc) is 2.96. The molecular weight excluding hydrogens is 372 g/mol. The molecule has 0 aromatic heterocycles. The first-order valence-electron chi connectivity index (χ1n) is 10.0. The molecule has 29 heavy (non-hydrogen) atoms. The molecule has 2 aliphatic rings. The minimum absolute atomic E-state index is 0.0272. The summed E-state index contributed by atoms with van der Waals surface area (Å²) < 4.78 is 5.22. The zero-order valence-corrected chi connectivity index (χ0v) is 17.4. The van der Waals surface area contributed by atoms with Gasteiger partial charge in [-0.1, -0.05) is 26.0 Å². The van der Waals surface area contributed by atoms with Crippen molar-refractivity contribution in [3.05, 3.63) is 29.8 Å². The first kappa shape index (κ1) is 21.0. The molecule has 2 aliphatic heterocycles. The maximum absolute atomic E-state index is 12.9. The summed E-state index contributed by atoms with van der Waals surface area (Å²) in [5, 5.41) is 5.83. The van der Waals surface area contributed by atoms with Crippen molar-refractivity contribution < 1.29 is 19.1 Å². The number of ether oxygens (including phenoxy) is 1. The molecule has 0 radical (unpaired) electrons. The van der Waals surface area contributed by atoms with Crippen LogP contribution in [0.3, 0.4) is 0 Å². The molecule has 2 heterocycles. The second-order valence-electron chi connectivity index (χ2n) is 8.30. The van der Waals surface area contributed by atoms with E-state index in [0.717, 1.165) is 11.3 Å². The zero-order valence-electron chi connectivity index (χ0n) is 17.4.